The standard InChI is InChI=1S/C13H17N5/c1-2-16-12(13-17-5-3-6-18-13)8-10-9-15-7-4-11(10)14/h3-7,9,12,16H,2,8H2,1H3,(H2,14,15). The molecule has 2 heterocycles. The maximum absolute atomic E-state index is 5.93. The molecule has 5 heteroatoms. The second-order valence-corrected chi connectivity index (χ2v) is 4.00. The number of nitrogens with zero attached hydrogens (tertiary/aromatic N) is 3. The van der Waals surface area contributed by atoms with E-state index in [1.165, 1.54) is 0 Å². The van der Waals surface area contributed by atoms with Gasteiger partial charge in [0.2, 0.25) is 0 Å². The Morgan fingerprint density at radius 2 is 2.06 bits per heavy atom. The summed E-state index contributed by atoms with van der Waals surface area (Å²) < 4.78 is 0. The van der Waals surface area contributed by atoms with Gasteiger partial charge in [0.1, 0.15) is 5.82 Å². The van der Waals surface area contributed by atoms with Crippen molar-refractivity contribution in [3.05, 3.63) is 48.3 Å². The number of aromatic nitrogens is 3. The summed E-state index contributed by atoms with van der Waals surface area (Å²) in [4.78, 5) is 12.7. The number of nitrogens with one attached hydrogen (secondary N) is 1. The predicted molar refractivity (Wildman–Crippen MR) is 70.8 cm³/mol. The van der Waals surface area contributed by atoms with Gasteiger partial charge in [-0.3, -0.25) is 4.98 Å². The number of nitrogens with two attached hydrogens (primary N) is 1. The quantitative estimate of drug-likeness (QED) is 0.829. The molecule has 2 aromatic rings. The van der Waals surface area contributed by atoms with E-state index in [4.69, 9.17) is 5.73 Å². The molecule has 0 aliphatic rings. The van der Waals surface area contributed by atoms with Crippen LogP contribution in [0.5, 0.6) is 0 Å². The first-order valence-electron chi connectivity index (χ1n) is 6.00. The van der Waals surface area contributed by atoms with E-state index in [0.29, 0.717) is 0 Å². The summed E-state index contributed by atoms with van der Waals surface area (Å²) in [6, 6.07) is 3.68. The zero-order valence-electron chi connectivity index (χ0n) is 10.4. The van der Waals surface area contributed by atoms with E-state index in [1.807, 2.05) is 12.1 Å². The van der Waals surface area contributed by atoms with Gasteiger partial charge in [0, 0.05) is 30.5 Å². The lowest BCUT2D eigenvalue weighted by molar-refractivity contribution is 0.521. The molecule has 0 radical (unpaired) electrons. The third-order valence-corrected chi connectivity index (χ3v) is 2.71. The van der Waals surface area contributed by atoms with Gasteiger partial charge < -0.3 is 11.1 Å². The van der Waals surface area contributed by atoms with Gasteiger partial charge in [-0.25, -0.2) is 9.97 Å². The van der Waals surface area contributed by atoms with Crippen molar-refractivity contribution in [2.45, 2.75) is 19.4 Å². The first-order chi connectivity index (χ1) is 8.81. The molecule has 5 nitrogen and oxygen atoms in total. The number of likely N-dealkylation sites (N-methyl/N-ethyl adjacent to an activating group) is 1. The number of hydrogen-bond acceptors (Lipinski definition) is 5. The summed E-state index contributed by atoms with van der Waals surface area (Å²) in [5.74, 6) is 0.780. The van der Waals surface area contributed by atoms with Crippen molar-refractivity contribution >= 4 is 5.69 Å². The van der Waals surface area contributed by atoms with Crippen LogP contribution in [0.15, 0.2) is 36.9 Å². The molecule has 0 amide bonds. The fourth-order valence-corrected chi connectivity index (χ4v) is 1.82. The Morgan fingerprint density at radius 3 is 2.72 bits per heavy atom. The third-order valence-electron chi connectivity index (χ3n) is 2.71. The first kappa shape index (κ1) is 12.4. The average molecular weight is 243 g/mol. The molecule has 0 spiro atoms. The van der Waals surface area contributed by atoms with Gasteiger partial charge in [-0.05, 0) is 30.7 Å². The van der Waals surface area contributed by atoms with E-state index >= 15 is 0 Å². The summed E-state index contributed by atoms with van der Waals surface area (Å²) in [7, 11) is 0. The summed E-state index contributed by atoms with van der Waals surface area (Å²) in [5.41, 5.74) is 7.70. The van der Waals surface area contributed by atoms with E-state index in [1.54, 1.807) is 24.8 Å². The van der Waals surface area contributed by atoms with Crippen LogP contribution >= 0.6 is 0 Å². The highest BCUT2D eigenvalue weighted by Gasteiger charge is 2.15. The highest BCUT2D eigenvalue weighted by Crippen LogP contribution is 2.18. The lowest BCUT2D eigenvalue weighted by atomic mass is 10.1. The van der Waals surface area contributed by atoms with Crippen molar-refractivity contribution in [3.8, 4) is 0 Å². The SMILES string of the molecule is CCNC(Cc1cnccc1N)c1ncccn1. The molecule has 0 saturated carbocycles. The topological polar surface area (TPSA) is 76.7 Å². The predicted octanol–water partition coefficient (Wildman–Crippen LogP) is 1.35. The number of nitrogen functional groups attached to an aromatic ring is 1. The molecule has 0 bridgehead atoms. The Morgan fingerprint density at radius 1 is 1.28 bits per heavy atom. The van der Waals surface area contributed by atoms with Crippen LogP contribution in [0.2, 0.25) is 0 Å². The van der Waals surface area contributed by atoms with Crippen molar-refractivity contribution in [1.29, 1.82) is 0 Å². The molecule has 1 atom stereocenters. The summed E-state index contributed by atoms with van der Waals surface area (Å²) in [6.45, 7) is 2.91. The lowest BCUT2D eigenvalue weighted by Crippen LogP contribution is -2.25. The number of pyridine rings is 1. The van der Waals surface area contributed by atoms with E-state index in [9.17, 15) is 0 Å². The van der Waals surface area contributed by atoms with E-state index in [-0.39, 0.29) is 6.04 Å². The van der Waals surface area contributed by atoms with Crippen molar-refractivity contribution in [2.75, 3.05) is 12.3 Å². The zero-order valence-corrected chi connectivity index (χ0v) is 10.4. The van der Waals surface area contributed by atoms with Gasteiger partial charge >= 0.3 is 0 Å². The fraction of sp³-hybridized carbons (Fsp3) is 0.308. The van der Waals surface area contributed by atoms with Crippen molar-refractivity contribution in [2.24, 2.45) is 0 Å². The average Bonchev–Trinajstić information content (AvgIpc) is 2.42. The monoisotopic (exact) mass is 243 g/mol. The number of anilines is 1. The minimum absolute atomic E-state index is 0.0581. The maximum atomic E-state index is 5.93. The van der Waals surface area contributed by atoms with Gasteiger partial charge in [0.25, 0.3) is 0 Å². The second-order valence-electron chi connectivity index (χ2n) is 4.00. The van der Waals surface area contributed by atoms with Crippen molar-refractivity contribution in [1.82, 2.24) is 20.3 Å². The highest BCUT2D eigenvalue weighted by atomic mass is 15.0. The molecule has 94 valence electrons. The third kappa shape index (κ3) is 3.01. The molecule has 2 rings (SSSR count). The second kappa shape index (κ2) is 6.07. The molecular formula is C13H17N5. The Hall–Kier alpha value is -2.01. The largest absolute Gasteiger partial charge is 0.398 e. The summed E-state index contributed by atoms with van der Waals surface area (Å²) in [5, 5.41) is 3.37. The van der Waals surface area contributed by atoms with E-state index in [0.717, 1.165) is 30.0 Å². The molecular weight excluding hydrogens is 226 g/mol. The summed E-state index contributed by atoms with van der Waals surface area (Å²) >= 11 is 0. The first-order valence-corrected chi connectivity index (χ1v) is 6.00. The van der Waals surface area contributed by atoms with Crippen LogP contribution in [0.1, 0.15) is 24.4 Å². The maximum Gasteiger partial charge on any atom is 0.145 e. The Balaban J connectivity index is 2.19. The van der Waals surface area contributed by atoms with Crippen molar-refractivity contribution < 1.29 is 0 Å². The molecule has 1 unspecified atom stereocenters. The molecule has 0 aliphatic carbocycles. The van der Waals surface area contributed by atoms with Gasteiger partial charge in [-0.15, -0.1) is 0 Å². The lowest BCUT2D eigenvalue weighted by Gasteiger charge is -2.17. The zero-order chi connectivity index (χ0) is 12.8. The van der Waals surface area contributed by atoms with Gasteiger partial charge in [0.05, 0.1) is 6.04 Å². The normalized spacial score (nSPS) is 12.3. The minimum Gasteiger partial charge on any atom is -0.398 e. The molecule has 18 heavy (non-hydrogen) atoms. The van der Waals surface area contributed by atoms with Crippen LogP contribution < -0.4 is 11.1 Å². The van der Waals surface area contributed by atoms with Crippen molar-refractivity contribution in [3.63, 3.8) is 0 Å². The van der Waals surface area contributed by atoms with Gasteiger partial charge in [0.15, 0.2) is 0 Å². The molecule has 0 saturated heterocycles. The Labute approximate surface area is 106 Å². The Bertz CT molecular complexity index is 486. The molecule has 0 fully saturated rings. The number of rotatable bonds is 5. The van der Waals surface area contributed by atoms with E-state index < -0.39 is 0 Å². The van der Waals surface area contributed by atoms with Gasteiger partial charge in [-0.1, -0.05) is 6.92 Å². The molecule has 3 N–H and O–H groups in total. The highest BCUT2D eigenvalue weighted by molar-refractivity contribution is 5.44. The molecule has 0 aromatic carbocycles. The smallest absolute Gasteiger partial charge is 0.145 e. The fourth-order valence-electron chi connectivity index (χ4n) is 1.82. The number of hydrogen-bond donors (Lipinski definition) is 2. The van der Waals surface area contributed by atoms with Crippen LogP contribution in [0.25, 0.3) is 0 Å². The van der Waals surface area contributed by atoms with Crippen LogP contribution in [-0.2, 0) is 6.42 Å². The minimum atomic E-state index is 0.0581. The van der Waals surface area contributed by atoms with Crippen LogP contribution in [0.4, 0.5) is 5.69 Å². The van der Waals surface area contributed by atoms with E-state index in [2.05, 4.69) is 27.2 Å². The Kier molecular flexibility index (Phi) is 4.20. The van der Waals surface area contributed by atoms with Crippen LogP contribution in [0, 0.1) is 0 Å². The summed E-state index contributed by atoms with van der Waals surface area (Å²) in [6.07, 6.45) is 7.72. The van der Waals surface area contributed by atoms with Crippen LogP contribution in [0.3, 0.4) is 0 Å². The van der Waals surface area contributed by atoms with Crippen LogP contribution in [-0.4, -0.2) is 21.5 Å². The molecule has 0 aliphatic heterocycles. The van der Waals surface area contributed by atoms with Gasteiger partial charge in [-0.2, -0.15) is 0 Å². The molecule has 2 aromatic heterocycles.